The molecule has 0 aliphatic carbocycles. The summed E-state index contributed by atoms with van der Waals surface area (Å²) in [6.45, 7) is 0.111. The molecule has 2 amide bonds. The van der Waals surface area contributed by atoms with Crippen LogP contribution in [-0.2, 0) is 19.2 Å². The number of aliphatic carboxylic acids is 2. The van der Waals surface area contributed by atoms with Crippen molar-refractivity contribution in [3.05, 3.63) is 53.1 Å². The van der Waals surface area contributed by atoms with Gasteiger partial charge in [-0.1, -0.05) is 23.7 Å². The molecule has 33 heavy (non-hydrogen) atoms. The second kappa shape index (κ2) is 13.7. The van der Waals surface area contributed by atoms with E-state index < -0.39 is 11.9 Å². The van der Waals surface area contributed by atoms with Gasteiger partial charge in [0.1, 0.15) is 6.07 Å². The molecule has 0 spiro atoms. The van der Waals surface area contributed by atoms with Crippen LogP contribution >= 0.6 is 23.4 Å². The molecule has 12 heteroatoms. The third-order valence-electron chi connectivity index (χ3n) is 3.76. The monoisotopic (exact) mass is 492 g/mol. The summed E-state index contributed by atoms with van der Waals surface area (Å²) in [7, 11) is 1.69. The number of thioether (sulfide) groups is 1. The van der Waals surface area contributed by atoms with Gasteiger partial charge in [0.25, 0.3) is 0 Å². The van der Waals surface area contributed by atoms with Gasteiger partial charge in [-0.15, -0.1) is 11.8 Å². The van der Waals surface area contributed by atoms with Gasteiger partial charge in [0.05, 0.1) is 29.4 Å². The molecule has 0 saturated carbocycles. The van der Waals surface area contributed by atoms with E-state index >= 15 is 0 Å². The average Bonchev–Trinajstić information content (AvgIpc) is 2.74. The third kappa shape index (κ3) is 10.0. The normalized spacial score (nSPS) is 9.79. The van der Waals surface area contributed by atoms with Crippen molar-refractivity contribution in [1.29, 1.82) is 5.26 Å². The summed E-state index contributed by atoms with van der Waals surface area (Å²) in [5.41, 5.74) is 1.59. The van der Waals surface area contributed by atoms with Crippen LogP contribution in [0.3, 0.4) is 0 Å². The van der Waals surface area contributed by atoms with Gasteiger partial charge in [-0.3, -0.25) is 14.5 Å². The van der Waals surface area contributed by atoms with E-state index in [1.165, 1.54) is 12.1 Å². The smallest absolute Gasteiger partial charge is 0.414 e. The van der Waals surface area contributed by atoms with Gasteiger partial charge in [-0.25, -0.2) is 9.59 Å². The minimum Gasteiger partial charge on any atom is -0.473 e. The number of nitriles is 1. The second-order valence-electron chi connectivity index (χ2n) is 6.39. The van der Waals surface area contributed by atoms with Gasteiger partial charge in [0, 0.05) is 10.6 Å². The Balaban J connectivity index is 0.000000801. The lowest BCUT2D eigenvalue weighted by Crippen LogP contribution is -2.36. The highest BCUT2D eigenvalue weighted by atomic mass is 35.5. The van der Waals surface area contributed by atoms with E-state index in [9.17, 15) is 9.59 Å². The summed E-state index contributed by atoms with van der Waals surface area (Å²) < 4.78 is 0. The number of carbonyl (C=O) groups excluding carboxylic acids is 2. The fourth-order valence-corrected chi connectivity index (χ4v) is 3.14. The molecule has 174 valence electrons. The molecule has 2 rings (SSSR count). The minimum absolute atomic E-state index is 0.0369. The Morgan fingerprint density at radius 1 is 1.03 bits per heavy atom. The number of carboxylic acids is 2. The van der Waals surface area contributed by atoms with E-state index in [1.54, 1.807) is 29.8 Å². The zero-order chi connectivity index (χ0) is 25.0. The van der Waals surface area contributed by atoms with Crippen LogP contribution in [0, 0.1) is 11.3 Å². The number of hydrogen-bond acceptors (Lipinski definition) is 7. The lowest BCUT2D eigenvalue weighted by molar-refractivity contribution is -0.159. The SMILES string of the molecule is CSc1ccccc1NC(=O)CN(C)CC(=O)Nc1ccc(C#N)c(Cl)c1.O=C(O)C(=O)O. The number of hydrogen-bond donors (Lipinski definition) is 4. The number of para-hydroxylation sites is 1. The van der Waals surface area contributed by atoms with Crippen LogP contribution in [0.1, 0.15) is 5.56 Å². The molecular weight excluding hydrogens is 472 g/mol. The Labute approximate surface area is 199 Å². The van der Waals surface area contributed by atoms with E-state index in [-0.39, 0.29) is 29.9 Å². The van der Waals surface area contributed by atoms with Crippen molar-refractivity contribution < 1.29 is 29.4 Å². The molecular formula is C21H21ClN4O6S. The van der Waals surface area contributed by atoms with Crippen molar-refractivity contribution >= 4 is 58.5 Å². The number of likely N-dealkylation sites (N-methyl/N-ethyl adjacent to an activating group) is 1. The molecule has 4 N–H and O–H groups in total. The quantitative estimate of drug-likeness (QED) is 0.336. The maximum absolute atomic E-state index is 12.2. The highest BCUT2D eigenvalue weighted by molar-refractivity contribution is 7.98. The van der Waals surface area contributed by atoms with Crippen LogP contribution in [0.25, 0.3) is 0 Å². The van der Waals surface area contributed by atoms with Crippen LogP contribution in [0.5, 0.6) is 0 Å². The Bertz CT molecular complexity index is 1060. The van der Waals surface area contributed by atoms with Crippen molar-refractivity contribution in [1.82, 2.24) is 4.90 Å². The first-order valence-corrected chi connectivity index (χ1v) is 10.7. The molecule has 0 aliphatic rings. The zero-order valence-corrected chi connectivity index (χ0v) is 19.2. The van der Waals surface area contributed by atoms with Gasteiger partial charge >= 0.3 is 11.9 Å². The number of nitrogens with zero attached hydrogens (tertiary/aromatic N) is 2. The number of anilines is 2. The number of benzene rings is 2. The standard InChI is InChI=1S/C19H19ClN4O2S.C2H2O4/c1-24(12-19(26)23-16-5-3-4-6-17(16)27-2)11-18(25)22-14-8-7-13(10-21)15(20)9-14;3-1(4)2(5)6/h3-9H,11-12H2,1-2H3,(H,22,25)(H,23,26);(H,3,4)(H,5,6). The van der Waals surface area contributed by atoms with Crippen molar-refractivity contribution in [2.45, 2.75) is 4.90 Å². The van der Waals surface area contributed by atoms with Crippen LogP contribution in [-0.4, -0.2) is 65.3 Å². The fraction of sp³-hybridized carbons (Fsp3) is 0.190. The Morgan fingerprint density at radius 2 is 1.61 bits per heavy atom. The lowest BCUT2D eigenvalue weighted by Gasteiger charge is -2.17. The topological polar surface area (TPSA) is 160 Å². The third-order valence-corrected chi connectivity index (χ3v) is 4.87. The number of amides is 2. The summed E-state index contributed by atoms with van der Waals surface area (Å²) in [6, 6.07) is 14.2. The second-order valence-corrected chi connectivity index (χ2v) is 7.64. The maximum Gasteiger partial charge on any atom is 0.414 e. The van der Waals surface area contributed by atoms with Crippen LogP contribution in [0.2, 0.25) is 5.02 Å². The molecule has 0 atom stereocenters. The largest absolute Gasteiger partial charge is 0.473 e. The Hall–Kier alpha value is -3.59. The Morgan fingerprint density at radius 3 is 2.12 bits per heavy atom. The van der Waals surface area contributed by atoms with Crippen molar-refractivity contribution in [3.8, 4) is 6.07 Å². The molecule has 0 radical (unpaired) electrons. The molecule has 0 unspecified atom stereocenters. The van der Waals surface area contributed by atoms with Crippen LogP contribution in [0.4, 0.5) is 11.4 Å². The average molecular weight is 493 g/mol. The summed E-state index contributed by atoms with van der Waals surface area (Å²) >= 11 is 7.50. The molecule has 0 aliphatic heterocycles. The van der Waals surface area contributed by atoms with Gasteiger partial charge in [-0.2, -0.15) is 5.26 Å². The molecule has 2 aromatic carbocycles. The van der Waals surface area contributed by atoms with E-state index in [2.05, 4.69) is 10.6 Å². The summed E-state index contributed by atoms with van der Waals surface area (Å²) in [5.74, 6) is -4.13. The molecule has 0 heterocycles. The highest BCUT2D eigenvalue weighted by Crippen LogP contribution is 2.24. The number of halogens is 1. The summed E-state index contributed by atoms with van der Waals surface area (Å²) in [6.07, 6.45) is 1.94. The van der Waals surface area contributed by atoms with Crippen LogP contribution in [0.15, 0.2) is 47.4 Å². The zero-order valence-electron chi connectivity index (χ0n) is 17.7. The number of carbonyl (C=O) groups is 4. The molecule has 0 fully saturated rings. The van der Waals surface area contributed by atoms with Gasteiger partial charge in [-0.05, 0) is 43.6 Å². The number of nitrogens with one attached hydrogen (secondary N) is 2. The first-order chi connectivity index (χ1) is 15.6. The molecule has 0 bridgehead atoms. The first kappa shape index (κ1) is 27.4. The van der Waals surface area contributed by atoms with E-state index in [0.29, 0.717) is 11.3 Å². The van der Waals surface area contributed by atoms with Crippen molar-refractivity contribution in [2.75, 3.05) is 37.0 Å². The minimum atomic E-state index is -1.82. The molecule has 0 saturated heterocycles. The first-order valence-electron chi connectivity index (χ1n) is 9.14. The van der Waals surface area contributed by atoms with Gasteiger partial charge < -0.3 is 20.8 Å². The molecule has 2 aromatic rings. The number of carboxylic acid groups (broad SMARTS) is 2. The maximum atomic E-state index is 12.2. The van der Waals surface area contributed by atoms with Crippen LogP contribution < -0.4 is 10.6 Å². The van der Waals surface area contributed by atoms with E-state index in [1.807, 2.05) is 36.6 Å². The number of rotatable bonds is 7. The van der Waals surface area contributed by atoms with Crippen molar-refractivity contribution in [2.24, 2.45) is 0 Å². The van der Waals surface area contributed by atoms with Crippen molar-refractivity contribution in [3.63, 3.8) is 0 Å². The molecule has 10 nitrogen and oxygen atoms in total. The molecule has 0 aromatic heterocycles. The predicted octanol–water partition coefficient (Wildman–Crippen LogP) is 2.60. The summed E-state index contributed by atoms with van der Waals surface area (Å²) in [4.78, 5) is 45.1. The Kier molecular flexibility index (Phi) is 11.4. The van der Waals surface area contributed by atoms with Gasteiger partial charge in [0.15, 0.2) is 0 Å². The van der Waals surface area contributed by atoms with E-state index in [4.69, 9.17) is 36.7 Å². The fourth-order valence-electron chi connectivity index (χ4n) is 2.37. The summed E-state index contributed by atoms with van der Waals surface area (Å²) in [5, 5.41) is 29.5. The predicted molar refractivity (Wildman–Crippen MR) is 124 cm³/mol. The lowest BCUT2D eigenvalue weighted by atomic mass is 10.2. The highest BCUT2D eigenvalue weighted by Gasteiger charge is 2.13. The van der Waals surface area contributed by atoms with E-state index in [0.717, 1.165) is 10.6 Å². The van der Waals surface area contributed by atoms with Gasteiger partial charge in [0.2, 0.25) is 11.8 Å².